The molecule has 1 aliphatic heterocycles. The molecule has 5 rings (SSSR count). The molecule has 33 heavy (non-hydrogen) atoms. The van der Waals surface area contributed by atoms with Crippen molar-refractivity contribution in [2.24, 2.45) is 0 Å². The molecular weight excluding hydrogens is 427 g/mol. The Labute approximate surface area is 188 Å². The minimum absolute atomic E-state index is 0.181. The van der Waals surface area contributed by atoms with Crippen molar-refractivity contribution in [3.05, 3.63) is 119 Å². The average molecular weight is 447 g/mol. The fraction of sp³-hybridized carbons (Fsp3) is 0.115. The van der Waals surface area contributed by atoms with Crippen molar-refractivity contribution < 1.29 is 18.0 Å². The van der Waals surface area contributed by atoms with Gasteiger partial charge in [0.2, 0.25) is 0 Å². The van der Waals surface area contributed by atoms with Crippen molar-refractivity contribution >= 4 is 11.7 Å². The van der Waals surface area contributed by atoms with Gasteiger partial charge in [0.1, 0.15) is 17.5 Å². The van der Waals surface area contributed by atoms with Crippen molar-refractivity contribution in [2.75, 3.05) is 5.32 Å². The summed E-state index contributed by atoms with van der Waals surface area (Å²) in [6.45, 7) is 1.82. The second-order valence-corrected chi connectivity index (χ2v) is 8.06. The zero-order valence-corrected chi connectivity index (χ0v) is 17.7. The van der Waals surface area contributed by atoms with E-state index in [9.17, 15) is 18.0 Å². The molecule has 0 saturated heterocycles. The minimum Gasteiger partial charge on any atom is -0.318 e. The van der Waals surface area contributed by atoms with E-state index in [0.717, 1.165) is 17.3 Å². The van der Waals surface area contributed by atoms with E-state index in [1.807, 2.05) is 47.2 Å². The standard InChI is InChI=1S/C26H20F3N3O/c1-16-8-9-21(14-22(16)29)30-26(33)32-15-17-5-2-3-6-23(17)31-10-4-7-24(31)25(32)18-11-19(27)13-20(28)12-18/h2-14,25H,15H2,1H3,(H,30,33)/t25-/m1/s1. The van der Waals surface area contributed by atoms with Crippen LogP contribution in [0.5, 0.6) is 0 Å². The molecule has 2 heterocycles. The number of hydrogen-bond acceptors (Lipinski definition) is 1. The largest absolute Gasteiger partial charge is 0.322 e. The van der Waals surface area contributed by atoms with Gasteiger partial charge >= 0.3 is 6.03 Å². The van der Waals surface area contributed by atoms with Crippen LogP contribution in [0.25, 0.3) is 5.69 Å². The Morgan fingerprint density at radius 2 is 1.70 bits per heavy atom. The van der Waals surface area contributed by atoms with E-state index >= 15 is 0 Å². The van der Waals surface area contributed by atoms with E-state index in [-0.39, 0.29) is 6.54 Å². The smallest absolute Gasteiger partial charge is 0.318 e. The molecule has 1 N–H and O–H groups in total. The van der Waals surface area contributed by atoms with Gasteiger partial charge in [-0.3, -0.25) is 0 Å². The van der Waals surface area contributed by atoms with Gasteiger partial charge in [0, 0.05) is 23.6 Å². The Hall–Kier alpha value is -4.00. The molecule has 1 atom stereocenters. The number of nitrogens with one attached hydrogen (secondary N) is 1. The van der Waals surface area contributed by atoms with Crippen LogP contribution in [0.15, 0.2) is 79.0 Å². The van der Waals surface area contributed by atoms with Gasteiger partial charge in [0.15, 0.2) is 0 Å². The van der Waals surface area contributed by atoms with Crippen molar-refractivity contribution in [3.63, 3.8) is 0 Å². The van der Waals surface area contributed by atoms with Gasteiger partial charge in [0.25, 0.3) is 0 Å². The Morgan fingerprint density at radius 1 is 0.939 bits per heavy atom. The lowest BCUT2D eigenvalue weighted by Gasteiger charge is -2.31. The molecule has 0 saturated carbocycles. The Balaban J connectivity index is 1.64. The summed E-state index contributed by atoms with van der Waals surface area (Å²) in [6.07, 6.45) is 1.85. The SMILES string of the molecule is Cc1ccc(NC(=O)N2Cc3ccccc3-n3cccc3[C@H]2c2cc(F)cc(F)c2)cc1F. The summed E-state index contributed by atoms with van der Waals surface area (Å²) in [5.41, 5.74) is 3.46. The van der Waals surface area contributed by atoms with Crippen molar-refractivity contribution in [1.82, 2.24) is 9.47 Å². The first-order chi connectivity index (χ1) is 15.9. The van der Waals surface area contributed by atoms with E-state index in [1.165, 1.54) is 23.1 Å². The molecule has 4 aromatic rings. The number of nitrogens with zero attached hydrogens (tertiary/aromatic N) is 2. The zero-order valence-electron chi connectivity index (χ0n) is 17.7. The van der Waals surface area contributed by atoms with Crippen LogP contribution < -0.4 is 5.32 Å². The molecule has 2 amide bonds. The topological polar surface area (TPSA) is 37.3 Å². The first-order valence-corrected chi connectivity index (χ1v) is 10.5. The Bertz CT molecular complexity index is 1340. The highest BCUT2D eigenvalue weighted by atomic mass is 19.1. The second-order valence-electron chi connectivity index (χ2n) is 8.06. The number of hydrogen-bond donors (Lipinski definition) is 1. The van der Waals surface area contributed by atoms with Crippen LogP contribution in [0.3, 0.4) is 0 Å². The Morgan fingerprint density at radius 3 is 2.45 bits per heavy atom. The number of urea groups is 1. The number of carbonyl (C=O) groups is 1. The molecule has 0 spiro atoms. The maximum Gasteiger partial charge on any atom is 0.322 e. The summed E-state index contributed by atoms with van der Waals surface area (Å²) in [5, 5.41) is 2.74. The van der Waals surface area contributed by atoms with Crippen molar-refractivity contribution in [2.45, 2.75) is 19.5 Å². The molecular formula is C26H20F3N3O. The number of rotatable bonds is 2. The van der Waals surface area contributed by atoms with Gasteiger partial charge in [-0.25, -0.2) is 18.0 Å². The van der Waals surface area contributed by atoms with Gasteiger partial charge in [-0.05, 0) is 66.1 Å². The fourth-order valence-corrected chi connectivity index (χ4v) is 4.29. The molecule has 0 unspecified atom stereocenters. The summed E-state index contributed by atoms with van der Waals surface area (Å²) in [7, 11) is 0. The molecule has 166 valence electrons. The van der Waals surface area contributed by atoms with Gasteiger partial charge in [-0.15, -0.1) is 0 Å². The van der Waals surface area contributed by atoms with Crippen LogP contribution in [-0.2, 0) is 6.54 Å². The summed E-state index contributed by atoms with van der Waals surface area (Å²) in [6, 6.07) is 17.6. The van der Waals surface area contributed by atoms with Crippen LogP contribution in [0.1, 0.15) is 28.4 Å². The van der Waals surface area contributed by atoms with Crippen molar-refractivity contribution in [3.8, 4) is 5.69 Å². The number of aryl methyl sites for hydroxylation is 1. The number of benzene rings is 3. The highest BCUT2D eigenvalue weighted by Gasteiger charge is 2.33. The monoisotopic (exact) mass is 447 g/mol. The van der Waals surface area contributed by atoms with Gasteiger partial charge in [0.05, 0.1) is 18.3 Å². The lowest BCUT2D eigenvalue weighted by atomic mass is 10.0. The van der Waals surface area contributed by atoms with Crippen LogP contribution in [0.2, 0.25) is 0 Å². The summed E-state index contributed by atoms with van der Waals surface area (Å²) < 4.78 is 44.4. The average Bonchev–Trinajstić information content (AvgIpc) is 3.19. The highest BCUT2D eigenvalue weighted by molar-refractivity contribution is 5.90. The molecule has 1 aliphatic rings. The number of amides is 2. The van der Waals surface area contributed by atoms with E-state index in [4.69, 9.17) is 0 Å². The number of aromatic nitrogens is 1. The maximum absolute atomic E-state index is 14.2. The normalized spacial score (nSPS) is 14.9. The number of anilines is 1. The predicted octanol–water partition coefficient (Wildman–Crippen LogP) is 6.34. The van der Waals surface area contributed by atoms with E-state index in [1.54, 1.807) is 19.1 Å². The number of para-hydroxylation sites is 1. The van der Waals surface area contributed by atoms with Gasteiger partial charge in [-0.2, -0.15) is 0 Å². The zero-order chi connectivity index (χ0) is 23.1. The first kappa shape index (κ1) is 20.9. The third-order valence-electron chi connectivity index (χ3n) is 5.85. The van der Waals surface area contributed by atoms with Crippen LogP contribution in [-0.4, -0.2) is 15.5 Å². The maximum atomic E-state index is 14.2. The molecule has 0 radical (unpaired) electrons. The Kier molecular flexibility index (Phi) is 5.17. The molecule has 0 bridgehead atoms. The van der Waals surface area contributed by atoms with E-state index in [2.05, 4.69) is 5.32 Å². The lowest BCUT2D eigenvalue weighted by molar-refractivity contribution is 0.194. The quantitative estimate of drug-likeness (QED) is 0.383. The van der Waals surface area contributed by atoms with Gasteiger partial charge in [-0.1, -0.05) is 24.3 Å². The molecule has 7 heteroatoms. The van der Waals surface area contributed by atoms with Crippen LogP contribution in [0, 0.1) is 24.4 Å². The van der Waals surface area contributed by atoms with E-state index < -0.39 is 29.5 Å². The third kappa shape index (κ3) is 3.86. The number of fused-ring (bicyclic) bond motifs is 3. The van der Waals surface area contributed by atoms with Gasteiger partial charge < -0.3 is 14.8 Å². The molecule has 3 aromatic carbocycles. The molecule has 1 aromatic heterocycles. The second kappa shape index (κ2) is 8.16. The highest BCUT2D eigenvalue weighted by Crippen LogP contribution is 2.37. The van der Waals surface area contributed by atoms with Crippen molar-refractivity contribution in [1.29, 1.82) is 0 Å². The fourth-order valence-electron chi connectivity index (χ4n) is 4.29. The molecule has 4 nitrogen and oxygen atoms in total. The third-order valence-corrected chi connectivity index (χ3v) is 5.85. The predicted molar refractivity (Wildman–Crippen MR) is 120 cm³/mol. The number of halogens is 3. The van der Waals surface area contributed by atoms with E-state index in [0.29, 0.717) is 22.5 Å². The summed E-state index contributed by atoms with van der Waals surface area (Å²) in [4.78, 5) is 15.0. The molecule has 0 aliphatic carbocycles. The number of carbonyl (C=O) groups excluding carboxylic acids is 1. The lowest BCUT2D eigenvalue weighted by Crippen LogP contribution is -2.38. The summed E-state index contributed by atoms with van der Waals surface area (Å²) >= 11 is 0. The minimum atomic E-state index is -0.784. The van der Waals surface area contributed by atoms with Crippen LogP contribution >= 0.6 is 0 Å². The summed E-state index contributed by atoms with van der Waals surface area (Å²) in [5.74, 6) is -1.90. The molecule has 0 fully saturated rings. The first-order valence-electron chi connectivity index (χ1n) is 10.5. The van der Waals surface area contributed by atoms with Crippen LogP contribution in [0.4, 0.5) is 23.7 Å².